The molecule has 0 aliphatic heterocycles. The summed E-state index contributed by atoms with van der Waals surface area (Å²) in [6.45, 7) is 0.892. The zero-order valence-corrected chi connectivity index (χ0v) is 11.0. The smallest absolute Gasteiger partial charge is 0.131 e. The van der Waals surface area contributed by atoms with Crippen LogP contribution in [0.2, 0.25) is 0 Å². The first-order valence-electron chi connectivity index (χ1n) is 6.41. The highest BCUT2D eigenvalue weighted by Crippen LogP contribution is 2.30. The molecule has 2 N–H and O–H groups in total. The Hall–Kier alpha value is -1.13. The minimum atomic E-state index is -0.317. The van der Waals surface area contributed by atoms with Gasteiger partial charge in [0.05, 0.1) is 7.11 Å². The van der Waals surface area contributed by atoms with Gasteiger partial charge in [-0.25, -0.2) is 4.39 Å². The summed E-state index contributed by atoms with van der Waals surface area (Å²) in [6.07, 6.45) is 3.29. The van der Waals surface area contributed by atoms with Crippen molar-refractivity contribution in [3.8, 4) is 5.75 Å². The number of hydrogen-bond donors (Lipinski definition) is 1. The van der Waals surface area contributed by atoms with Crippen molar-refractivity contribution in [3.05, 3.63) is 29.6 Å². The van der Waals surface area contributed by atoms with E-state index < -0.39 is 0 Å². The van der Waals surface area contributed by atoms with Crippen molar-refractivity contribution in [2.45, 2.75) is 31.3 Å². The maximum absolute atomic E-state index is 13.8. The third-order valence-electron chi connectivity index (χ3n) is 3.57. The molecule has 2 rings (SSSR count). The normalized spacial score (nSPS) is 16.9. The number of halogens is 1. The zero-order chi connectivity index (χ0) is 13.1. The van der Waals surface area contributed by atoms with Gasteiger partial charge in [-0.1, -0.05) is 6.07 Å². The Morgan fingerprint density at radius 2 is 2.22 bits per heavy atom. The Morgan fingerprint density at radius 1 is 1.50 bits per heavy atom. The van der Waals surface area contributed by atoms with Crippen molar-refractivity contribution in [1.82, 2.24) is 4.90 Å². The number of benzene rings is 1. The summed E-state index contributed by atoms with van der Waals surface area (Å²) in [5.41, 5.74) is 6.58. The molecule has 0 amide bonds. The maximum atomic E-state index is 13.8. The molecule has 4 heteroatoms. The van der Waals surface area contributed by atoms with E-state index in [4.69, 9.17) is 10.5 Å². The molecule has 0 heterocycles. The van der Waals surface area contributed by atoms with Gasteiger partial charge in [-0.05, 0) is 45.0 Å². The van der Waals surface area contributed by atoms with E-state index >= 15 is 0 Å². The first-order chi connectivity index (χ1) is 8.63. The minimum absolute atomic E-state index is 0.282. The quantitative estimate of drug-likeness (QED) is 0.844. The van der Waals surface area contributed by atoms with Crippen LogP contribution in [-0.4, -0.2) is 31.6 Å². The second-order valence-corrected chi connectivity index (χ2v) is 4.96. The number of ether oxygens (including phenoxy) is 1. The average molecular weight is 252 g/mol. The Morgan fingerprint density at radius 3 is 2.83 bits per heavy atom. The van der Waals surface area contributed by atoms with Gasteiger partial charge in [0.1, 0.15) is 11.6 Å². The monoisotopic (exact) mass is 252 g/mol. The van der Waals surface area contributed by atoms with E-state index in [1.165, 1.54) is 18.9 Å². The SMILES string of the molecule is COc1cccc(F)c1C(N)CCN(C)C1CC1. The van der Waals surface area contributed by atoms with E-state index in [2.05, 4.69) is 11.9 Å². The lowest BCUT2D eigenvalue weighted by Crippen LogP contribution is -2.26. The topological polar surface area (TPSA) is 38.5 Å². The fraction of sp³-hybridized carbons (Fsp3) is 0.571. The molecule has 1 fully saturated rings. The molecule has 1 aromatic carbocycles. The summed E-state index contributed by atoms with van der Waals surface area (Å²) < 4.78 is 19.0. The lowest BCUT2D eigenvalue weighted by atomic mass is 10.0. The number of nitrogens with two attached hydrogens (primary N) is 1. The van der Waals surface area contributed by atoms with Gasteiger partial charge in [0.2, 0.25) is 0 Å². The van der Waals surface area contributed by atoms with Crippen molar-refractivity contribution in [2.24, 2.45) is 5.73 Å². The van der Waals surface area contributed by atoms with E-state index in [9.17, 15) is 4.39 Å². The van der Waals surface area contributed by atoms with Crippen LogP contribution in [0.25, 0.3) is 0 Å². The van der Waals surface area contributed by atoms with Gasteiger partial charge in [0.15, 0.2) is 0 Å². The van der Waals surface area contributed by atoms with Crippen LogP contribution in [-0.2, 0) is 0 Å². The summed E-state index contributed by atoms with van der Waals surface area (Å²) in [6, 6.07) is 5.22. The van der Waals surface area contributed by atoms with Crippen LogP contribution < -0.4 is 10.5 Å². The first kappa shape index (κ1) is 13.3. The molecular weight excluding hydrogens is 231 g/mol. The molecule has 0 aromatic heterocycles. The molecule has 0 radical (unpaired) electrons. The molecule has 1 saturated carbocycles. The van der Waals surface area contributed by atoms with Gasteiger partial charge < -0.3 is 15.4 Å². The van der Waals surface area contributed by atoms with Gasteiger partial charge in [-0.15, -0.1) is 0 Å². The summed E-state index contributed by atoms with van der Waals surface area (Å²) in [4.78, 5) is 2.30. The Balaban J connectivity index is 2.00. The third-order valence-corrected chi connectivity index (χ3v) is 3.57. The predicted molar refractivity (Wildman–Crippen MR) is 70.1 cm³/mol. The molecule has 0 saturated heterocycles. The molecule has 1 aliphatic carbocycles. The summed E-state index contributed by atoms with van der Waals surface area (Å²) >= 11 is 0. The Kier molecular flexibility index (Phi) is 4.19. The molecule has 1 aliphatic rings. The molecule has 1 aromatic rings. The van der Waals surface area contributed by atoms with E-state index in [1.807, 2.05) is 0 Å². The van der Waals surface area contributed by atoms with Crippen LogP contribution in [0.5, 0.6) is 5.75 Å². The van der Waals surface area contributed by atoms with Crippen molar-refractivity contribution >= 4 is 0 Å². The molecule has 18 heavy (non-hydrogen) atoms. The highest BCUT2D eigenvalue weighted by molar-refractivity contribution is 5.37. The molecule has 3 nitrogen and oxygen atoms in total. The average Bonchev–Trinajstić information content (AvgIpc) is 3.19. The van der Waals surface area contributed by atoms with Crippen molar-refractivity contribution < 1.29 is 9.13 Å². The van der Waals surface area contributed by atoms with Gasteiger partial charge in [-0.2, -0.15) is 0 Å². The third kappa shape index (κ3) is 3.00. The highest BCUT2D eigenvalue weighted by Gasteiger charge is 2.26. The van der Waals surface area contributed by atoms with Gasteiger partial charge in [0, 0.05) is 17.6 Å². The fourth-order valence-electron chi connectivity index (χ4n) is 2.24. The molecule has 1 unspecified atom stereocenters. The van der Waals surface area contributed by atoms with Crippen LogP contribution in [0.15, 0.2) is 18.2 Å². The minimum Gasteiger partial charge on any atom is -0.496 e. The number of hydrogen-bond acceptors (Lipinski definition) is 3. The number of nitrogens with zero attached hydrogens (tertiary/aromatic N) is 1. The second kappa shape index (κ2) is 5.67. The lowest BCUT2D eigenvalue weighted by Gasteiger charge is -2.20. The predicted octanol–water partition coefficient (Wildman–Crippen LogP) is 2.32. The number of rotatable bonds is 6. The van der Waals surface area contributed by atoms with Crippen molar-refractivity contribution in [2.75, 3.05) is 20.7 Å². The molecular formula is C14H21FN2O. The second-order valence-electron chi connectivity index (χ2n) is 4.96. The zero-order valence-electron chi connectivity index (χ0n) is 11.0. The standard InChI is InChI=1S/C14H21FN2O/c1-17(10-6-7-10)9-8-12(16)14-11(15)4-3-5-13(14)18-2/h3-5,10,12H,6-9,16H2,1-2H3. The van der Waals surface area contributed by atoms with Crippen LogP contribution in [0.4, 0.5) is 4.39 Å². The Bertz CT molecular complexity index is 407. The van der Waals surface area contributed by atoms with E-state index in [0.29, 0.717) is 17.4 Å². The lowest BCUT2D eigenvalue weighted by molar-refractivity contribution is 0.305. The Labute approximate surface area is 108 Å². The van der Waals surface area contributed by atoms with Gasteiger partial charge in [-0.3, -0.25) is 0 Å². The fourth-order valence-corrected chi connectivity index (χ4v) is 2.24. The van der Waals surface area contributed by atoms with Gasteiger partial charge in [0.25, 0.3) is 0 Å². The van der Waals surface area contributed by atoms with Crippen LogP contribution >= 0.6 is 0 Å². The number of methoxy groups -OCH3 is 1. The van der Waals surface area contributed by atoms with E-state index in [-0.39, 0.29) is 11.9 Å². The van der Waals surface area contributed by atoms with Crippen molar-refractivity contribution in [3.63, 3.8) is 0 Å². The highest BCUT2D eigenvalue weighted by atomic mass is 19.1. The summed E-state index contributed by atoms with van der Waals surface area (Å²) in [7, 11) is 3.64. The van der Waals surface area contributed by atoms with Crippen molar-refractivity contribution in [1.29, 1.82) is 0 Å². The molecule has 0 bridgehead atoms. The molecule has 100 valence electrons. The molecule has 1 atom stereocenters. The molecule has 0 spiro atoms. The first-order valence-corrected chi connectivity index (χ1v) is 6.41. The largest absolute Gasteiger partial charge is 0.496 e. The van der Waals surface area contributed by atoms with Crippen LogP contribution in [0.3, 0.4) is 0 Å². The van der Waals surface area contributed by atoms with E-state index in [1.54, 1.807) is 19.2 Å². The summed E-state index contributed by atoms with van der Waals surface area (Å²) in [5, 5.41) is 0. The van der Waals surface area contributed by atoms with Crippen LogP contribution in [0, 0.1) is 5.82 Å². The van der Waals surface area contributed by atoms with Crippen LogP contribution in [0.1, 0.15) is 30.9 Å². The van der Waals surface area contributed by atoms with E-state index in [0.717, 1.165) is 13.0 Å². The maximum Gasteiger partial charge on any atom is 0.131 e. The summed E-state index contributed by atoms with van der Waals surface area (Å²) in [5.74, 6) is 0.257. The van der Waals surface area contributed by atoms with Gasteiger partial charge >= 0.3 is 0 Å².